The van der Waals surface area contributed by atoms with Gasteiger partial charge < -0.3 is 5.32 Å². The smallest absolute Gasteiger partial charge is 0.230 e. The molecule has 0 bridgehead atoms. The summed E-state index contributed by atoms with van der Waals surface area (Å²) in [5.74, 6) is 0.873. The molecule has 2 aromatic heterocycles. The molecule has 1 aromatic carbocycles. The summed E-state index contributed by atoms with van der Waals surface area (Å²) in [6.07, 6.45) is 2.35. The van der Waals surface area contributed by atoms with Crippen molar-refractivity contribution < 1.29 is 4.79 Å². The molecule has 134 valence electrons. The number of carbonyl (C=O) groups is 1. The zero-order valence-corrected chi connectivity index (χ0v) is 15.7. The molecule has 8 heteroatoms. The molecule has 1 aliphatic rings. The molecule has 1 N–H and O–H groups in total. The van der Waals surface area contributed by atoms with Gasteiger partial charge in [-0.1, -0.05) is 48.2 Å². The number of benzene rings is 1. The minimum Gasteiger partial charge on any atom is -0.348 e. The third-order valence-corrected chi connectivity index (χ3v) is 6.10. The molecule has 26 heavy (non-hydrogen) atoms. The maximum Gasteiger partial charge on any atom is 0.230 e. The highest BCUT2D eigenvalue weighted by Gasteiger charge is 2.33. The van der Waals surface area contributed by atoms with Crippen LogP contribution in [0.25, 0.3) is 0 Å². The zero-order chi connectivity index (χ0) is 17.8. The molecule has 1 saturated carbocycles. The van der Waals surface area contributed by atoms with Crippen LogP contribution in [0.5, 0.6) is 0 Å². The van der Waals surface area contributed by atoms with Gasteiger partial charge in [0.15, 0.2) is 0 Å². The lowest BCUT2D eigenvalue weighted by atomic mass is 10.0. The Morgan fingerprint density at radius 1 is 1.27 bits per heavy atom. The molecule has 1 fully saturated rings. The number of thiophene rings is 1. The number of amides is 1. The molecular weight excluding hydrogens is 366 g/mol. The number of carbonyl (C=O) groups excluding carboxylic acids is 1. The van der Waals surface area contributed by atoms with Crippen molar-refractivity contribution in [2.75, 3.05) is 5.75 Å². The van der Waals surface area contributed by atoms with Crippen LogP contribution in [-0.2, 0) is 11.3 Å². The second-order valence-electron chi connectivity index (χ2n) is 6.28. The predicted molar refractivity (Wildman–Crippen MR) is 102 cm³/mol. The SMILES string of the molecule is O=C(CSc1nnnn1Cc1cccs1)NC(c1ccccc1)C1CC1. The van der Waals surface area contributed by atoms with Gasteiger partial charge in [0.2, 0.25) is 11.1 Å². The van der Waals surface area contributed by atoms with Gasteiger partial charge in [-0.2, -0.15) is 0 Å². The summed E-state index contributed by atoms with van der Waals surface area (Å²) in [6.45, 7) is 0.628. The molecule has 0 saturated heterocycles. The maximum absolute atomic E-state index is 12.5. The molecule has 0 radical (unpaired) electrons. The lowest BCUT2D eigenvalue weighted by Crippen LogP contribution is -2.31. The summed E-state index contributed by atoms with van der Waals surface area (Å²) >= 11 is 3.04. The van der Waals surface area contributed by atoms with Crippen molar-refractivity contribution in [1.29, 1.82) is 0 Å². The minimum absolute atomic E-state index is 0.0152. The summed E-state index contributed by atoms with van der Waals surface area (Å²) < 4.78 is 1.74. The van der Waals surface area contributed by atoms with E-state index in [1.54, 1.807) is 16.0 Å². The Bertz CT molecular complexity index is 846. The number of thioether (sulfide) groups is 1. The van der Waals surface area contributed by atoms with Gasteiger partial charge in [-0.25, -0.2) is 4.68 Å². The van der Waals surface area contributed by atoms with Crippen molar-refractivity contribution in [3.63, 3.8) is 0 Å². The van der Waals surface area contributed by atoms with Gasteiger partial charge in [0.05, 0.1) is 18.3 Å². The molecular formula is C18H19N5OS2. The van der Waals surface area contributed by atoms with Crippen molar-refractivity contribution >= 4 is 29.0 Å². The first-order valence-electron chi connectivity index (χ1n) is 8.55. The molecule has 0 aliphatic heterocycles. The third kappa shape index (κ3) is 4.31. The van der Waals surface area contributed by atoms with E-state index in [9.17, 15) is 4.79 Å². The first-order chi connectivity index (χ1) is 12.8. The lowest BCUT2D eigenvalue weighted by Gasteiger charge is -2.18. The van der Waals surface area contributed by atoms with Crippen molar-refractivity contribution in [1.82, 2.24) is 25.5 Å². The number of nitrogens with zero attached hydrogens (tertiary/aromatic N) is 4. The van der Waals surface area contributed by atoms with E-state index in [1.807, 2.05) is 35.7 Å². The number of hydrogen-bond donors (Lipinski definition) is 1. The Kier molecular flexibility index (Phi) is 5.31. The second-order valence-corrected chi connectivity index (χ2v) is 8.26. The van der Waals surface area contributed by atoms with E-state index in [0.717, 1.165) is 0 Å². The number of tetrazole rings is 1. The molecule has 1 amide bonds. The normalized spacial score (nSPS) is 14.9. The topological polar surface area (TPSA) is 72.7 Å². The highest BCUT2D eigenvalue weighted by atomic mass is 32.2. The van der Waals surface area contributed by atoms with Crippen LogP contribution in [0, 0.1) is 5.92 Å². The van der Waals surface area contributed by atoms with Gasteiger partial charge >= 0.3 is 0 Å². The molecule has 1 unspecified atom stereocenters. The Balaban J connectivity index is 1.35. The second kappa shape index (κ2) is 8.01. The van der Waals surface area contributed by atoms with Gasteiger partial charge in [0.1, 0.15) is 0 Å². The van der Waals surface area contributed by atoms with Crippen LogP contribution in [0.2, 0.25) is 0 Å². The van der Waals surface area contributed by atoms with Crippen LogP contribution in [0.4, 0.5) is 0 Å². The molecule has 3 aromatic rings. The lowest BCUT2D eigenvalue weighted by molar-refractivity contribution is -0.119. The fourth-order valence-corrected chi connectivity index (χ4v) is 4.23. The molecule has 4 rings (SSSR count). The Labute approximate surface area is 160 Å². The summed E-state index contributed by atoms with van der Waals surface area (Å²) in [7, 11) is 0. The van der Waals surface area contributed by atoms with Gasteiger partial charge in [-0.3, -0.25) is 4.79 Å². The number of hydrogen-bond acceptors (Lipinski definition) is 6. The maximum atomic E-state index is 12.5. The van der Waals surface area contributed by atoms with E-state index in [2.05, 4.69) is 33.0 Å². The fourth-order valence-electron chi connectivity index (χ4n) is 2.86. The summed E-state index contributed by atoms with van der Waals surface area (Å²) in [5.41, 5.74) is 1.18. The Hall–Kier alpha value is -2.19. The predicted octanol–water partition coefficient (Wildman–Crippen LogP) is 3.14. The zero-order valence-electron chi connectivity index (χ0n) is 14.1. The first-order valence-corrected chi connectivity index (χ1v) is 10.4. The third-order valence-electron chi connectivity index (χ3n) is 4.29. The van der Waals surface area contributed by atoms with Crippen LogP contribution < -0.4 is 5.32 Å². The molecule has 1 aliphatic carbocycles. The molecule has 6 nitrogen and oxygen atoms in total. The van der Waals surface area contributed by atoms with Gasteiger partial charge in [-0.15, -0.1) is 16.4 Å². The molecule has 0 spiro atoms. The summed E-state index contributed by atoms with van der Waals surface area (Å²) in [4.78, 5) is 13.7. The number of rotatable bonds is 8. The van der Waals surface area contributed by atoms with Gasteiger partial charge in [0, 0.05) is 4.88 Å². The van der Waals surface area contributed by atoms with Gasteiger partial charge in [0.25, 0.3) is 0 Å². The number of nitrogens with one attached hydrogen (secondary N) is 1. The Morgan fingerprint density at radius 3 is 2.85 bits per heavy atom. The van der Waals surface area contributed by atoms with Crippen LogP contribution >= 0.6 is 23.1 Å². The van der Waals surface area contributed by atoms with Crippen molar-refractivity contribution in [2.45, 2.75) is 30.6 Å². The highest BCUT2D eigenvalue weighted by molar-refractivity contribution is 7.99. The van der Waals surface area contributed by atoms with E-state index in [0.29, 0.717) is 23.4 Å². The summed E-state index contributed by atoms with van der Waals surface area (Å²) in [5, 5.41) is 17.7. The standard InChI is InChI=1S/C18H19N5OS2/c24-16(19-17(14-8-9-14)13-5-2-1-3-6-13)12-26-18-20-21-22-23(18)11-15-7-4-10-25-15/h1-7,10,14,17H,8-9,11-12H2,(H,19,24). The quantitative estimate of drug-likeness (QED) is 0.603. The van der Waals surface area contributed by atoms with Gasteiger partial charge in [-0.05, 0) is 46.2 Å². The van der Waals surface area contributed by atoms with Crippen LogP contribution in [-0.4, -0.2) is 31.9 Å². The molecule has 2 heterocycles. The average Bonchev–Trinajstić information content (AvgIpc) is 3.19. The van der Waals surface area contributed by atoms with Crippen molar-refractivity contribution in [3.05, 3.63) is 58.3 Å². The van der Waals surface area contributed by atoms with Crippen molar-refractivity contribution in [2.24, 2.45) is 5.92 Å². The van der Waals surface area contributed by atoms with Crippen molar-refractivity contribution in [3.8, 4) is 0 Å². The summed E-state index contributed by atoms with van der Waals surface area (Å²) in [6, 6.07) is 14.4. The highest BCUT2D eigenvalue weighted by Crippen LogP contribution is 2.41. The van der Waals surface area contributed by atoms with E-state index in [1.165, 1.54) is 35.0 Å². The van der Waals surface area contributed by atoms with E-state index in [-0.39, 0.29) is 11.9 Å². The monoisotopic (exact) mass is 385 g/mol. The van der Waals surface area contributed by atoms with E-state index in [4.69, 9.17) is 0 Å². The minimum atomic E-state index is 0.0152. The van der Waals surface area contributed by atoms with E-state index < -0.39 is 0 Å². The first kappa shape index (κ1) is 17.2. The van der Waals surface area contributed by atoms with Crippen LogP contribution in [0.15, 0.2) is 53.0 Å². The fraction of sp³-hybridized carbons (Fsp3) is 0.333. The van der Waals surface area contributed by atoms with Crippen LogP contribution in [0.3, 0.4) is 0 Å². The average molecular weight is 386 g/mol. The Morgan fingerprint density at radius 2 is 2.12 bits per heavy atom. The van der Waals surface area contributed by atoms with Crippen LogP contribution in [0.1, 0.15) is 29.3 Å². The largest absolute Gasteiger partial charge is 0.348 e. The number of aromatic nitrogens is 4. The van der Waals surface area contributed by atoms with E-state index >= 15 is 0 Å². The molecule has 1 atom stereocenters.